The van der Waals surface area contributed by atoms with E-state index < -0.39 is 0 Å². The van der Waals surface area contributed by atoms with Gasteiger partial charge < -0.3 is 5.32 Å². The lowest BCUT2D eigenvalue weighted by Gasteiger charge is -2.04. The molecule has 0 spiro atoms. The van der Waals surface area contributed by atoms with Crippen LogP contribution >= 0.6 is 11.3 Å². The SMILES string of the molecule is CC(=NNC(=O)CNC(=O)c1cccs1)c1ccccc1. The maximum absolute atomic E-state index is 11.7. The van der Waals surface area contributed by atoms with Crippen molar-refractivity contribution in [2.75, 3.05) is 6.54 Å². The first-order valence-corrected chi connectivity index (χ1v) is 7.25. The third-order valence-corrected chi connectivity index (χ3v) is 3.56. The van der Waals surface area contributed by atoms with Crippen LogP contribution in [0.25, 0.3) is 0 Å². The number of carbonyl (C=O) groups excluding carboxylic acids is 2. The lowest BCUT2D eigenvalue weighted by molar-refractivity contribution is -0.120. The van der Waals surface area contributed by atoms with Gasteiger partial charge in [0, 0.05) is 0 Å². The highest BCUT2D eigenvalue weighted by Gasteiger charge is 2.08. The Bertz CT molecular complexity index is 636. The van der Waals surface area contributed by atoms with Crippen LogP contribution in [0.1, 0.15) is 22.2 Å². The summed E-state index contributed by atoms with van der Waals surface area (Å²) in [6, 6.07) is 13.0. The number of hydrogen-bond donors (Lipinski definition) is 2. The summed E-state index contributed by atoms with van der Waals surface area (Å²) in [6.07, 6.45) is 0. The van der Waals surface area contributed by atoms with Crippen molar-refractivity contribution >= 4 is 28.9 Å². The predicted molar refractivity (Wildman–Crippen MR) is 83.4 cm³/mol. The van der Waals surface area contributed by atoms with Gasteiger partial charge in [-0.15, -0.1) is 11.3 Å². The fraction of sp³-hybridized carbons (Fsp3) is 0.133. The molecule has 1 aromatic heterocycles. The van der Waals surface area contributed by atoms with Crippen LogP contribution in [0.15, 0.2) is 52.9 Å². The van der Waals surface area contributed by atoms with Gasteiger partial charge in [0.25, 0.3) is 11.8 Å². The van der Waals surface area contributed by atoms with Gasteiger partial charge in [-0.2, -0.15) is 5.10 Å². The minimum atomic E-state index is -0.366. The highest BCUT2D eigenvalue weighted by Crippen LogP contribution is 2.07. The topological polar surface area (TPSA) is 70.6 Å². The quantitative estimate of drug-likeness (QED) is 0.655. The zero-order chi connectivity index (χ0) is 15.1. The normalized spacial score (nSPS) is 11.0. The molecule has 2 rings (SSSR count). The molecule has 0 unspecified atom stereocenters. The van der Waals surface area contributed by atoms with Crippen molar-refractivity contribution < 1.29 is 9.59 Å². The Morgan fingerprint density at radius 2 is 1.90 bits per heavy atom. The van der Waals surface area contributed by atoms with E-state index in [1.54, 1.807) is 19.1 Å². The van der Waals surface area contributed by atoms with E-state index in [0.717, 1.165) is 5.56 Å². The van der Waals surface area contributed by atoms with Crippen molar-refractivity contribution in [1.82, 2.24) is 10.7 Å². The largest absolute Gasteiger partial charge is 0.342 e. The van der Waals surface area contributed by atoms with E-state index in [2.05, 4.69) is 15.8 Å². The molecule has 0 radical (unpaired) electrons. The van der Waals surface area contributed by atoms with Crippen molar-refractivity contribution in [1.29, 1.82) is 0 Å². The molecule has 0 saturated carbocycles. The van der Waals surface area contributed by atoms with Gasteiger partial charge >= 0.3 is 0 Å². The third kappa shape index (κ3) is 4.54. The molecule has 0 atom stereocenters. The number of benzene rings is 1. The van der Waals surface area contributed by atoms with Gasteiger partial charge in [-0.05, 0) is 23.9 Å². The standard InChI is InChI=1S/C15H15N3O2S/c1-11(12-6-3-2-4-7-12)17-18-14(19)10-16-15(20)13-8-5-9-21-13/h2-9H,10H2,1H3,(H,16,20)(H,18,19). The van der Waals surface area contributed by atoms with Gasteiger partial charge in [-0.3, -0.25) is 9.59 Å². The van der Waals surface area contributed by atoms with E-state index >= 15 is 0 Å². The van der Waals surface area contributed by atoms with E-state index in [1.165, 1.54) is 11.3 Å². The van der Waals surface area contributed by atoms with Gasteiger partial charge in [0.1, 0.15) is 0 Å². The number of hydrazone groups is 1. The average Bonchev–Trinajstić information content (AvgIpc) is 3.05. The van der Waals surface area contributed by atoms with E-state index in [9.17, 15) is 9.59 Å². The van der Waals surface area contributed by atoms with Crippen LogP contribution in [0.2, 0.25) is 0 Å². The fourth-order valence-corrected chi connectivity index (χ4v) is 2.23. The zero-order valence-corrected chi connectivity index (χ0v) is 12.3. The molecular weight excluding hydrogens is 286 g/mol. The Hall–Kier alpha value is -2.47. The molecule has 5 nitrogen and oxygen atoms in total. The second-order valence-corrected chi connectivity index (χ2v) is 5.21. The van der Waals surface area contributed by atoms with Crippen LogP contribution in [0.4, 0.5) is 0 Å². The van der Waals surface area contributed by atoms with Crippen molar-refractivity contribution in [3.8, 4) is 0 Å². The van der Waals surface area contributed by atoms with Crippen LogP contribution in [-0.4, -0.2) is 24.1 Å². The van der Waals surface area contributed by atoms with Crippen LogP contribution in [-0.2, 0) is 4.79 Å². The highest BCUT2D eigenvalue weighted by molar-refractivity contribution is 7.12. The van der Waals surface area contributed by atoms with E-state index in [-0.39, 0.29) is 18.4 Å². The minimum absolute atomic E-state index is 0.109. The summed E-state index contributed by atoms with van der Waals surface area (Å²) in [7, 11) is 0. The molecule has 6 heteroatoms. The molecule has 1 heterocycles. The predicted octanol–water partition coefficient (Wildman–Crippen LogP) is 2.02. The lowest BCUT2D eigenvalue weighted by Crippen LogP contribution is -2.34. The molecular formula is C15H15N3O2S. The Labute approximate surface area is 126 Å². The number of hydrogen-bond acceptors (Lipinski definition) is 4. The highest BCUT2D eigenvalue weighted by atomic mass is 32.1. The monoisotopic (exact) mass is 301 g/mol. The Balaban J connectivity index is 1.81. The lowest BCUT2D eigenvalue weighted by atomic mass is 10.1. The van der Waals surface area contributed by atoms with Gasteiger partial charge in [-0.25, -0.2) is 5.43 Å². The summed E-state index contributed by atoms with van der Waals surface area (Å²) >= 11 is 1.33. The maximum Gasteiger partial charge on any atom is 0.261 e. The van der Waals surface area contributed by atoms with Gasteiger partial charge in [0.15, 0.2) is 0 Å². The summed E-state index contributed by atoms with van der Waals surface area (Å²) in [5.74, 6) is -0.626. The molecule has 0 aliphatic rings. The molecule has 0 aliphatic heterocycles. The second kappa shape index (κ2) is 7.35. The molecule has 0 bridgehead atoms. The van der Waals surface area contributed by atoms with E-state index in [4.69, 9.17) is 0 Å². The average molecular weight is 301 g/mol. The van der Waals surface area contributed by atoms with Crippen LogP contribution in [0.5, 0.6) is 0 Å². The van der Waals surface area contributed by atoms with E-state index in [0.29, 0.717) is 10.6 Å². The molecule has 1 aromatic carbocycles. The molecule has 2 aromatic rings. The Morgan fingerprint density at radius 1 is 1.14 bits per heavy atom. The van der Waals surface area contributed by atoms with Crippen LogP contribution < -0.4 is 10.7 Å². The number of amides is 2. The smallest absolute Gasteiger partial charge is 0.261 e. The van der Waals surface area contributed by atoms with E-state index in [1.807, 2.05) is 35.7 Å². The van der Waals surface area contributed by atoms with Gasteiger partial charge in [0.05, 0.1) is 17.1 Å². The Morgan fingerprint density at radius 3 is 2.57 bits per heavy atom. The molecule has 0 aliphatic carbocycles. The number of nitrogens with zero attached hydrogens (tertiary/aromatic N) is 1. The van der Waals surface area contributed by atoms with Crippen LogP contribution in [0.3, 0.4) is 0 Å². The fourth-order valence-electron chi connectivity index (χ4n) is 1.59. The third-order valence-electron chi connectivity index (χ3n) is 2.69. The summed E-state index contributed by atoms with van der Waals surface area (Å²) < 4.78 is 0. The number of rotatable bonds is 5. The summed E-state index contributed by atoms with van der Waals surface area (Å²) in [6.45, 7) is 1.70. The second-order valence-electron chi connectivity index (χ2n) is 4.26. The van der Waals surface area contributed by atoms with Crippen molar-refractivity contribution in [2.24, 2.45) is 5.10 Å². The summed E-state index contributed by atoms with van der Waals surface area (Å²) in [5.41, 5.74) is 4.05. The summed E-state index contributed by atoms with van der Waals surface area (Å²) in [4.78, 5) is 23.9. The first-order valence-electron chi connectivity index (χ1n) is 6.37. The van der Waals surface area contributed by atoms with Crippen molar-refractivity contribution in [3.05, 3.63) is 58.3 Å². The van der Waals surface area contributed by atoms with Crippen LogP contribution in [0, 0.1) is 0 Å². The van der Waals surface area contributed by atoms with Crippen molar-refractivity contribution in [2.45, 2.75) is 6.92 Å². The van der Waals surface area contributed by atoms with Crippen molar-refractivity contribution in [3.63, 3.8) is 0 Å². The maximum atomic E-state index is 11.7. The number of carbonyl (C=O) groups is 2. The minimum Gasteiger partial charge on any atom is -0.342 e. The molecule has 0 saturated heterocycles. The molecule has 21 heavy (non-hydrogen) atoms. The first kappa shape index (κ1) is 14.9. The van der Waals surface area contributed by atoms with Gasteiger partial charge in [-0.1, -0.05) is 36.4 Å². The number of nitrogens with one attached hydrogen (secondary N) is 2. The summed E-state index contributed by atoms with van der Waals surface area (Å²) in [5, 5.41) is 8.35. The number of thiophene rings is 1. The molecule has 2 amide bonds. The van der Waals surface area contributed by atoms with Gasteiger partial charge in [0.2, 0.25) is 0 Å². The first-order chi connectivity index (χ1) is 10.2. The molecule has 0 fully saturated rings. The zero-order valence-electron chi connectivity index (χ0n) is 11.5. The molecule has 2 N–H and O–H groups in total. The Kier molecular flexibility index (Phi) is 5.22. The molecule has 108 valence electrons.